The van der Waals surface area contributed by atoms with Gasteiger partial charge in [0.2, 0.25) is 29.5 Å². The third-order valence-corrected chi connectivity index (χ3v) is 11.2. The number of aromatic amines is 2. The molecule has 340 valence electrons. The molecule has 0 radical (unpaired) electrons. The highest BCUT2D eigenvalue weighted by atomic mass is 32.2. The second kappa shape index (κ2) is 22.4. The number of para-hydroxylation sites is 1. The van der Waals surface area contributed by atoms with Crippen molar-refractivity contribution in [1.29, 1.82) is 0 Å². The van der Waals surface area contributed by atoms with Crippen molar-refractivity contribution in [2.75, 3.05) is 18.8 Å². The summed E-state index contributed by atoms with van der Waals surface area (Å²) >= 11 is 0.870. The quantitative estimate of drug-likeness (QED) is 0.0224. The first-order valence-electron chi connectivity index (χ1n) is 19.9. The molecule has 4 aromatic rings. The summed E-state index contributed by atoms with van der Waals surface area (Å²) in [5, 5.41) is 28.2. The fraction of sp³-hybridized carbons (Fsp3) is 0.359. The van der Waals surface area contributed by atoms with E-state index in [2.05, 4.69) is 51.8 Å². The lowest BCUT2D eigenvalue weighted by atomic mass is 10.0. The van der Waals surface area contributed by atoms with Crippen LogP contribution in [0.15, 0.2) is 71.1 Å². The molecule has 5 rings (SSSR count). The van der Waals surface area contributed by atoms with Gasteiger partial charge in [0, 0.05) is 77.7 Å². The monoisotopic (exact) mass is 903 g/mol. The molecular weight excluding hydrogens is 855 g/mol. The molecule has 0 saturated carbocycles. The maximum atomic E-state index is 14.3. The minimum atomic E-state index is -1.44. The first kappa shape index (κ1) is 47.4. The summed E-state index contributed by atoms with van der Waals surface area (Å²) in [7, 11) is 0. The van der Waals surface area contributed by atoms with Crippen molar-refractivity contribution in [3.63, 3.8) is 0 Å². The Morgan fingerprint density at radius 2 is 1.48 bits per heavy atom. The Bertz CT molecular complexity index is 2390. The number of nitro groups is 1. The number of rotatable bonds is 14. The number of imidazole rings is 1. The number of hydrogen-bond donors (Lipinski definition) is 12. The molecule has 1 aliphatic heterocycles. The summed E-state index contributed by atoms with van der Waals surface area (Å²) in [5.74, 6) is -5.79. The number of nitrogens with two attached hydrogens (primary N) is 4. The van der Waals surface area contributed by atoms with E-state index in [4.69, 9.17) is 22.9 Å². The molecule has 2 aromatic carbocycles. The van der Waals surface area contributed by atoms with Gasteiger partial charge < -0.3 is 64.8 Å². The van der Waals surface area contributed by atoms with E-state index in [0.29, 0.717) is 11.3 Å². The highest BCUT2D eigenvalue weighted by molar-refractivity contribution is 7.99. The van der Waals surface area contributed by atoms with Gasteiger partial charge in [-0.05, 0) is 43.4 Å². The van der Waals surface area contributed by atoms with Gasteiger partial charge in [-0.1, -0.05) is 18.2 Å². The third-order valence-electron chi connectivity index (χ3n) is 10.00. The second-order valence-electron chi connectivity index (χ2n) is 14.6. The van der Waals surface area contributed by atoms with Crippen LogP contribution >= 0.6 is 11.8 Å². The number of primary amides is 2. The normalized spacial score (nSPS) is 20.1. The molecule has 16 N–H and O–H groups in total. The van der Waals surface area contributed by atoms with Crippen molar-refractivity contribution in [2.24, 2.45) is 27.9 Å². The minimum Gasteiger partial charge on any atom is -0.370 e. The van der Waals surface area contributed by atoms with Crippen LogP contribution in [0.5, 0.6) is 0 Å². The molecule has 0 saturated heterocycles. The number of aromatic nitrogens is 3. The van der Waals surface area contributed by atoms with E-state index in [1.165, 1.54) is 18.6 Å². The summed E-state index contributed by atoms with van der Waals surface area (Å²) < 4.78 is 0. The van der Waals surface area contributed by atoms with E-state index in [-0.39, 0.29) is 73.8 Å². The number of hydrogen-bond acceptors (Lipinski definition) is 12. The van der Waals surface area contributed by atoms with Gasteiger partial charge in [-0.15, -0.1) is 11.8 Å². The summed E-state index contributed by atoms with van der Waals surface area (Å²) in [6.07, 6.45) is 4.18. The number of nitrogens with one attached hydrogen (secondary N) is 8. The van der Waals surface area contributed by atoms with E-state index in [0.717, 1.165) is 34.8 Å². The van der Waals surface area contributed by atoms with Crippen molar-refractivity contribution in [3.8, 4) is 0 Å². The molecule has 2 aromatic heterocycles. The molecule has 0 aliphatic carbocycles. The molecule has 0 fully saturated rings. The molecule has 1 aliphatic rings. The van der Waals surface area contributed by atoms with Gasteiger partial charge >= 0.3 is 6.03 Å². The van der Waals surface area contributed by atoms with Gasteiger partial charge in [0.25, 0.3) is 11.6 Å². The van der Waals surface area contributed by atoms with Crippen LogP contribution in [0.2, 0.25) is 0 Å². The Hall–Kier alpha value is -7.70. The first-order chi connectivity index (χ1) is 30.6. The molecule has 3 heterocycles. The number of guanidine groups is 1. The molecule has 0 spiro atoms. The van der Waals surface area contributed by atoms with Crippen LogP contribution in [0.25, 0.3) is 10.9 Å². The van der Waals surface area contributed by atoms with Gasteiger partial charge in [0.15, 0.2) is 5.96 Å². The van der Waals surface area contributed by atoms with Crippen molar-refractivity contribution in [2.45, 2.75) is 73.6 Å². The van der Waals surface area contributed by atoms with Crippen LogP contribution in [0.4, 0.5) is 10.5 Å². The van der Waals surface area contributed by atoms with Gasteiger partial charge in [-0.2, -0.15) is 0 Å². The van der Waals surface area contributed by atoms with Crippen molar-refractivity contribution in [3.05, 3.63) is 88.1 Å². The zero-order chi connectivity index (χ0) is 46.3. The number of aliphatic imine (C=N–C) groups is 1. The highest BCUT2D eigenvalue weighted by Gasteiger charge is 2.34. The maximum Gasteiger partial charge on any atom is 0.312 e. The zero-order valence-corrected chi connectivity index (χ0v) is 35.1. The number of H-pyrrole nitrogens is 2. The smallest absolute Gasteiger partial charge is 0.312 e. The van der Waals surface area contributed by atoms with Crippen LogP contribution in [-0.2, 0) is 36.8 Å². The molecule has 0 bridgehead atoms. The van der Waals surface area contributed by atoms with Crippen LogP contribution in [-0.4, -0.2) is 116 Å². The number of non-ortho nitro benzene ring substituents is 1. The fourth-order valence-electron chi connectivity index (χ4n) is 6.74. The van der Waals surface area contributed by atoms with Gasteiger partial charge in [-0.25, -0.2) is 9.78 Å². The van der Waals surface area contributed by atoms with Crippen LogP contribution in [0, 0.1) is 10.1 Å². The van der Waals surface area contributed by atoms with Crippen LogP contribution in [0.3, 0.4) is 0 Å². The molecule has 24 nitrogen and oxygen atoms in total. The van der Waals surface area contributed by atoms with Crippen molar-refractivity contribution in [1.82, 2.24) is 46.9 Å². The first-order valence-corrected chi connectivity index (χ1v) is 20.9. The number of amides is 8. The average molecular weight is 904 g/mol. The summed E-state index contributed by atoms with van der Waals surface area (Å²) in [5.41, 5.74) is 23.0. The number of thioether (sulfide) groups is 1. The van der Waals surface area contributed by atoms with Gasteiger partial charge in [0.1, 0.15) is 30.2 Å². The van der Waals surface area contributed by atoms with E-state index in [9.17, 15) is 43.7 Å². The predicted octanol–water partition coefficient (Wildman–Crippen LogP) is -1.58. The molecule has 25 heteroatoms. The number of carbonyl (C=O) groups is 7. The lowest BCUT2D eigenvalue weighted by Gasteiger charge is -2.27. The fourth-order valence-corrected chi connectivity index (χ4v) is 7.81. The van der Waals surface area contributed by atoms with Crippen LogP contribution < -0.4 is 54.8 Å². The number of urea groups is 1. The zero-order valence-electron chi connectivity index (χ0n) is 34.3. The maximum absolute atomic E-state index is 14.3. The van der Waals surface area contributed by atoms with E-state index >= 15 is 0 Å². The van der Waals surface area contributed by atoms with Gasteiger partial charge in [0.05, 0.1) is 16.8 Å². The molecule has 8 amide bonds. The average Bonchev–Trinajstić information content (AvgIpc) is 3.93. The lowest BCUT2D eigenvalue weighted by molar-refractivity contribution is -0.384. The summed E-state index contributed by atoms with van der Waals surface area (Å²) in [6.45, 7) is 0.0502. The van der Waals surface area contributed by atoms with Crippen molar-refractivity contribution < 1.29 is 38.5 Å². The minimum absolute atomic E-state index is 0.00409. The molecular formula is C39H49N15O9S. The Morgan fingerprint density at radius 1 is 0.828 bits per heavy atom. The molecule has 64 heavy (non-hydrogen) atoms. The topological polar surface area (TPSA) is 396 Å². The number of carbonyl (C=O) groups excluding carboxylic acids is 7. The Morgan fingerprint density at radius 3 is 2.14 bits per heavy atom. The van der Waals surface area contributed by atoms with Gasteiger partial charge in [-0.3, -0.25) is 43.9 Å². The van der Waals surface area contributed by atoms with E-state index in [1.807, 2.05) is 18.2 Å². The Kier molecular flexibility index (Phi) is 16.6. The highest BCUT2D eigenvalue weighted by Crippen LogP contribution is 2.28. The standard InChI is InChI=1S/C39H49N15O9S/c40-32(55)30-18-64-31-10-9-22(54(62)63)15-24(31)33(56)51-29(14-21-17-44-19-48-21)37(60)50-26(8-4-12-46-39(43)61)34(57)49-27(7-3-11-45-38(41)42)35(58)52-28(36(59)53-30)13-20-16-47-25-6-2-1-5-23(20)25/h1-2,5-6,9-10,15-17,19,26-30,47H,3-4,7-8,11-14,18H2,(H2,40,55)(H,44,48)(H,49,57)(H,50,60)(H,51,56)(H,52,58)(H,53,59)(H4,41,42,45)(H3,43,46,61)/t26-,27-,28-,29-,30-/m0/s1. The molecule has 0 unspecified atom stereocenters. The molecule has 5 atom stereocenters. The van der Waals surface area contributed by atoms with E-state index < -0.39 is 82.3 Å². The summed E-state index contributed by atoms with van der Waals surface area (Å²) in [4.78, 5) is 121. The summed E-state index contributed by atoms with van der Waals surface area (Å²) in [6, 6.07) is 2.81. The number of fused-ring (bicyclic) bond motifs is 2. The number of nitrogens with zero attached hydrogens (tertiary/aromatic N) is 3. The third kappa shape index (κ3) is 13.4. The van der Waals surface area contributed by atoms with E-state index in [1.54, 1.807) is 12.3 Å². The largest absolute Gasteiger partial charge is 0.370 e. The Labute approximate surface area is 368 Å². The Balaban J connectivity index is 1.59. The van der Waals surface area contributed by atoms with Crippen molar-refractivity contribution >= 4 is 75.8 Å². The lowest BCUT2D eigenvalue weighted by Crippen LogP contribution is -2.59. The van der Waals surface area contributed by atoms with Crippen LogP contribution in [0.1, 0.15) is 47.3 Å². The number of nitro benzene ring substituents is 1. The SMILES string of the molecule is NC(=O)NCCC[C@@H]1NC(=O)[C@H](Cc2cnc[nH]2)NC(=O)c2cc([N+](=O)[O-])ccc2SC[C@@H](C(N)=O)NC(=O)[C@H](Cc2c[nH]c3ccccc23)NC(=O)[C@H](CCCN=C(N)N)NC1=O. The predicted molar refractivity (Wildman–Crippen MR) is 233 cm³/mol. The second-order valence-corrected chi connectivity index (χ2v) is 15.7. The number of benzene rings is 2.